The van der Waals surface area contributed by atoms with Gasteiger partial charge in [-0.25, -0.2) is 4.68 Å². The Hall–Kier alpha value is -3.13. The van der Waals surface area contributed by atoms with Crippen LogP contribution in [0.4, 0.5) is 13.2 Å². The van der Waals surface area contributed by atoms with Gasteiger partial charge >= 0.3 is 6.18 Å². The molecule has 2 N–H and O–H groups in total. The highest BCUT2D eigenvalue weighted by Crippen LogP contribution is 2.34. The molecule has 1 amide bonds. The van der Waals surface area contributed by atoms with Gasteiger partial charge in [0, 0.05) is 17.5 Å². The summed E-state index contributed by atoms with van der Waals surface area (Å²) in [6.07, 6.45) is -2.37. The molecular weight excluding hydrogens is 399 g/mol. The fourth-order valence-electron chi connectivity index (χ4n) is 3.25. The number of carbonyl (C=O) groups is 1. The minimum Gasteiger partial charge on any atom is -0.365 e. The monoisotopic (exact) mass is 415 g/mol. The zero-order valence-electron chi connectivity index (χ0n) is 15.3. The van der Waals surface area contributed by atoms with Gasteiger partial charge < -0.3 is 5.73 Å². The molecule has 2 heterocycles. The lowest BCUT2D eigenvalue weighted by molar-refractivity contribution is -0.137. The third-order valence-electron chi connectivity index (χ3n) is 4.62. The molecule has 0 unspecified atom stereocenters. The van der Waals surface area contributed by atoms with E-state index in [4.69, 9.17) is 5.73 Å². The first-order valence-corrected chi connectivity index (χ1v) is 9.58. The summed E-state index contributed by atoms with van der Waals surface area (Å²) >= 11 is 1.49. The van der Waals surface area contributed by atoms with Crippen molar-refractivity contribution in [3.05, 3.63) is 82.0 Å². The first-order chi connectivity index (χ1) is 13.7. The van der Waals surface area contributed by atoms with Crippen LogP contribution in [0.25, 0.3) is 15.8 Å². The number of primary amides is 1. The number of rotatable bonds is 4. The predicted octanol–water partition coefficient (Wildman–Crippen LogP) is 5.10. The van der Waals surface area contributed by atoms with Crippen molar-refractivity contribution in [2.24, 2.45) is 5.73 Å². The second-order valence-corrected chi connectivity index (χ2v) is 7.86. The van der Waals surface area contributed by atoms with Gasteiger partial charge in [-0.3, -0.25) is 4.79 Å². The van der Waals surface area contributed by atoms with E-state index in [2.05, 4.69) is 5.10 Å². The Kier molecular flexibility index (Phi) is 4.66. The molecule has 0 saturated carbocycles. The molecule has 148 valence electrons. The SMILES string of the molecule is Cc1nn(-c2cccc3cc(Cc4cccc(C(F)(F)F)c4)sc23)cc1C(N)=O. The zero-order chi connectivity index (χ0) is 20.8. The quantitative estimate of drug-likeness (QED) is 0.504. The summed E-state index contributed by atoms with van der Waals surface area (Å²) in [6, 6.07) is 13.0. The van der Waals surface area contributed by atoms with Gasteiger partial charge in [0.2, 0.25) is 0 Å². The fourth-order valence-corrected chi connectivity index (χ4v) is 4.45. The second-order valence-electron chi connectivity index (χ2n) is 6.72. The van der Waals surface area contributed by atoms with E-state index in [0.717, 1.165) is 26.7 Å². The number of alkyl halides is 3. The van der Waals surface area contributed by atoms with Crippen molar-refractivity contribution in [1.29, 1.82) is 0 Å². The summed E-state index contributed by atoms with van der Waals surface area (Å²) in [5.74, 6) is -0.544. The van der Waals surface area contributed by atoms with Crippen LogP contribution in [0.15, 0.2) is 54.7 Å². The molecular formula is C21H16F3N3OS. The third-order valence-corrected chi connectivity index (χ3v) is 5.79. The molecule has 0 saturated heterocycles. The Balaban J connectivity index is 1.72. The van der Waals surface area contributed by atoms with Gasteiger partial charge in [0.25, 0.3) is 5.91 Å². The van der Waals surface area contributed by atoms with Crippen molar-refractivity contribution in [3.8, 4) is 5.69 Å². The fraction of sp³-hybridized carbons (Fsp3) is 0.143. The summed E-state index contributed by atoms with van der Waals surface area (Å²) in [5.41, 5.74) is 7.00. The molecule has 0 radical (unpaired) electrons. The summed E-state index contributed by atoms with van der Waals surface area (Å²) in [6.45, 7) is 1.71. The van der Waals surface area contributed by atoms with E-state index in [1.165, 1.54) is 23.5 Å². The summed E-state index contributed by atoms with van der Waals surface area (Å²) < 4.78 is 41.4. The maximum atomic E-state index is 13.0. The van der Waals surface area contributed by atoms with Crippen molar-refractivity contribution >= 4 is 27.3 Å². The molecule has 2 aromatic carbocycles. The Morgan fingerprint density at radius 1 is 1.17 bits per heavy atom. The van der Waals surface area contributed by atoms with Crippen molar-refractivity contribution in [2.45, 2.75) is 19.5 Å². The van der Waals surface area contributed by atoms with Gasteiger partial charge in [0.1, 0.15) is 0 Å². The summed E-state index contributed by atoms with van der Waals surface area (Å²) in [5, 5.41) is 5.34. The zero-order valence-corrected chi connectivity index (χ0v) is 16.1. The van der Waals surface area contributed by atoms with Crippen LogP contribution >= 0.6 is 11.3 Å². The number of amides is 1. The smallest absolute Gasteiger partial charge is 0.365 e. The van der Waals surface area contributed by atoms with Gasteiger partial charge in [-0.1, -0.05) is 30.3 Å². The summed E-state index contributed by atoms with van der Waals surface area (Å²) in [4.78, 5) is 12.5. The van der Waals surface area contributed by atoms with Crippen molar-refractivity contribution in [1.82, 2.24) is 9.78 Å². The topological polar surface area (TPSA) is 60.9 Å². The largest absolute Gasteiger partial charge is 0.416 e. The molecule has 4 nitrogen and oxygen atoms in total. The number of nitrogens with zero attached hydrogens (tertiary/aromatic N) is 2. The Morgan fingerprint density at radius 2 is 1.93 bits per heavy atom. The molecule has 29 heavy (non-hydrogen) atoms. The van der Waals surface area contributed by atoms with Crippen LogP contribution in [-0.4, -0.2) is 15.7 Å². The standard InChI is InChI=1S/C21H16F3N3OS/c1-12-17(20(25)28)11-27(26-12)18-7-3-5-14-10-16(29-19(14)18)9-13-4-2-6-15(8-13)21(22,23)24/h2-8,10-11H,9H2,1H3,(H2,25,28). The highest BCUT2D eigenvalue weighted by atomic mass is 32.1. The molecule has 0 fully saturated rings. The van der Waals surface area contributed by atoms with Crippen LogP contribution in [0.3, 0.4) is 0 Å². The highest BCUT2D eigenvalue weighted by Gasteiger charge is 2.30. The number of nitrogens with two attached hydrogens (primary N) is 1. The Bertz CT molecular complexity index is 1220. The Morgan fingerprint density at radius 3 is 2.62 bits per heavy atom. The summed E-state index contributed by atoms with van der Waals surface area (Å²) in [7, 11) is 0. The van der Waals surface area contributed by atoms with E-state index in [-0.39, 0.29) is 0 Å². The highest BCUT2D eigenvalue weighted by molar-refractivity contribution is 7.19. The number of aromatic nitrogens is 2. The van der Waals surface area contributed by atoms with Crippen LogP contribution in [-0.2, 0) is 12.6 Å². The van der Waals surface area contributed by atoms with Crippen LogP contribution < -0.4 is 5.73 Å². The first kappa shape index (κ1) is 19.2. The van der Waals surface area contributed by atoms with Crippen molar-refractivity contribution in [3.63, 3.8) is 0 Å². The molecule has 0 atom stereocenters. The number of hydrogen-bond acceptors (Lipinski definition) is 3. The molecule has 0 spiro atoms. The van der Waals surface area contributed by atoms with Crippen molar-refractivity contribution in [2.75, 3.05) is 0 Å². The van der Waals surface area contributed by atoms with Gasteiger partial charge in [0.05, 0.1) is 27.2 Å². The number of halogens is 3. The third kappa shape index (κ3) is 3.75. The van der Waals surface area contributed by atoms with Gasteiger partial charge in [-0.05, 0) is 36.1 Å². The number of carbonyl (C=O) groups excluding carboxylic acids is 1. The van der Waals surface area contributed by atoms with E-state index >= 15 is 0 Å². The lowest BCUT2D eigenvalue weighted by Crippen LogP contribution is -2.11. The van der Waals surface area contributed by atoms with Crippen LogP contribution in [0.2, 0.25) is 0 Å². The molecule has 0 bridgehead atoms. The Labute approximate surface area is 168 Å². The lowest BCUT2D eigenvalue weighted by Gasteiger charge is -2.08. The second kappa shape index (κ2) is 7.04. The number of hydrogen-bond donors (Lipinski definition) is 1. The molecule has 4 rings (SSSR count). The number of fused-ring (bicyclic) bond motifs is 1. The normalized spacial score (nSPS) is 11.9. The molecule has 0 aliphatic rings. The predicted molar refractivity (Wildman–Crippen MR) is 106 cm³/mol. The van der Waals surface area contributed by atoms with E-state index in [1.54, 1.807) is 23.9 Å². The number of thiophene rings is 1. The maximum Gasteiger partial charge on any atom is 0.416 e. The molecule has 8 heteroatoms. The molecule has 0 aliphatic carbocycles. The average molecular weight is 415 g/mol. The van der Waals surface area contributed by atoms with Crippen molar-refractivity contribution < 1.29 is 18.0 Å². The number of benzene rings is 2. The number of aryl methyl sites for hydroxylation is 1. The van der Waals surface area contributed by atoms with Crippen LogP contribution in [0.1, 0.15) is 32.1 Å². The van der Waals surface area contributed by atoms with Crippen LogP contribution in [0, 0.1) is 6.92 Å². The first-order valence-electron chi connectivity index (χ1n) is 8.76. The van der Waals surface area contributed by atoms with E-state index in [1.807, 2.05) is 24.3 Å². The maximum absolute atomic E-state index is 13.0. The molecule has 4 aromatic rings. The molecule has 2 aromatic heterocycles. The van der Waals surface area contributed by atoms with Crippen LogP contribution in [0.5, 0.6) is 0 Å². The van der Waals surface area contributed by atoms with Gasteiger partial charge in [0.15, 0.2) is 0 Å². The molecule has 0 aliphatic heterocycles. The van der Waals surface area contributed by atoms with Gasteiger partial charge in [-0.15, -0.1) is 11.3 Å². The lowest BCUT2D eigenvalue weighted by atomic mass is 10.1. The van der Waals surface area contributed by atoms with E-state index in [0.29, 0.717) is 23.2 Å². The minimum atomic E-state index is -4.36. The van der Waals surface area contributed by atoms with Gasteiger partial charge in [-0.2, -0.15) is 18.3 Å². The average Bonchev–Trinajstić information content (AvgIpc) is 3.23. The van der Waals surface area contributed by atoms with E-state index in [9.17, 15) is 18.0 Å². The minimum absolute atomic E-state index is 0.350. The van der Waals surface area contributed by atoms with E-state index < -0.39 is 17.6 Å².